The fraction of sp³-hybridized carbons (Fsp3) is 0.0741. The number of hydrogen-bond acceptors (Lipinski definition) is 3. The van der Waals surface area contributed by atoms with Crippen LogP contribution in [0.3, 0.4) is 0 Å². The Labute approximate surface area is 339 Å². The van der Waals surface area contributed by atoms with E-state index in [0.29, 0.717) is 6.61 Å². The van der Waals surface area contributed by atoms with Crippen molar-refractivity contribution in [1.82, 2.24) is 4.90 Å². The van der Waals surface area contributed by atoms with Crippen LogP contribution < -0.4 is 4.74 Å². The third kappa shape index (κ3) is 7.63. The fourth-order valence-electron chi connectivity index (χ4n) is 8.01. The van der Waals surface area contributed by atoms with Gasteiger partial charge in [0.05, 0.1) is 6.04 Å². The Morgan fingerprint density at radius 3 is 2.37 bits per heavy atom. The van der Waals surface area contributed by atoms with Crippen LogP contribution in [0.2, 0.25) is 0 Å². The summed E-state index contributed by atoms with van der Waals surface area (Å²) in [5.74, 6) is 0.968. The molecule has 0 saturated carbocycles. The Morgan fingerprint density at radius 1 is 0.719 bits per heavy atom. The van der Waals surface area contributed by atoms with E-state index in [1.165, 1.54) is 59.3 Å². The second-order valence-electron chi connectivity index (χ2n) is 14.4. The van der Waals surface area contributed by atoms with Crippen LogP contribution in [0.4, 0.5) is 0 Å². The quantitative estimate of drug-likeness (QED) is 0.108. The topological polar surface area (TPSA) is 12.5 Å². The molecular weight excluding hydrogens is 711 g/mol. The number of hydrogen-bond donors (Lipinski definition) is 0. The van der Waals surface area contributed by atoms with Crippen molar-refractivity contribution in [3.05, 3.63) is 234 Å². The summed E-state index contributed by atoms with van der Waals surface area (Å²) < 4.78 is 7.69. The van der Waals surface area contributed by atoms with Gasteiger partial charge in [-0.2, -0.15) is 0 Å². The molecule has 2 heterocycles. The number of allylic oxidation sites excluding steroid dienone is 11. The molecule has 2 aliphatic rings. The van der Waals surface area contributed by atoms with E-state index in [4.69, 9.17) is 4.74 Å². The number of fused-ring (bicyclic) bond motifs is 7. The van der Waals surface area contributed by atoms with Crippen molar-refractivity contribution in [3.8, 4) is 5.75 Å². The molecule has 0 fully saturated rings. The minimum absolute atomic E-state index is 0.0910. The molecule has 0 bridgehead atoms. The molecule has 7 aromatic rings. The molecular formula is C54H43NOS. The maximum Gasteiger partial charge on any atom is 0.131 e. The highest BCUT2D eigenvalue weighted by Gasteiger charge is 2.19. The molecule has 2 nitrogen and oxygen atoms in total. The van der Waals surface area contributed by atoms with Crippen molar-refractivity contribution < 1.29 is 4.74 Å². The molecule has 9 rings (SSSR count). The maximum absolute atomic E-state index is 6.39. The summed E-state index contributed by atoms with van der Waals surface area (Å²) >= 11 is 1.78. The van der Waals surface area contributed by atoms with Gasteiger partial charge in [0.25, 0.3) is 0 Å². The molecule has 3 heteroatoms. The average Bonchev–Trinajstić information content (AvgIpc) is 3.72. The lowest BCUT2D eigenvalue weighted by Gasteiger charge is -2.31. The second kappa shape index (κ2) is 16.6. The Kier molecular flexibility index (Phi) is 10.5. The first-order valence-electron chi connectivity index (χ1n) is 19.6. The van der Waals surface area contributed by atoms with Gasteiger partial charge >= 0.3 is 0 Å². The number of ether oxygens (including phenoxy) is 1. The van der Waals surface area contributed by atoms with Crippen LogP contribution in [-0.4, -0.2) is 17.5 Å². The first-order chi connectivity index (χ1) is 28.2. The lowest BCUT2D eigenvalue weighted by atomic mass is 9.91. The largest absolute Gasteiger partial charge is 0.489 e. The zero-order chi connectivity index (χ0) is 38.4. The van der Waals surface area contributed by atoms with Gasteiger partial charge in [-0.05, 0) is 109 Å². The van der Waals surface area contributed by atoms with E-state index in [1.807, 2.05) is 12.2 Å². The van der Waals surface area contributed by atoms with E-state index in [0.717, 1.165) is 35.2 Å². The van der Waals surface area contributed by atoms with Crippen LogP contribution in [0, 0.1) is 0 Å². The highest BCUT2D eigenvalue weighted by atomic mass is 32.1. The summed E-state index contributed by atoms with van der Waals surface area (Å²) in [6.45, 7) is 4.53. The zero-order valence-electron chi connectivity index (χ0n) is 31.8. The summed E-state index contributed by atoms with van der Waals surface area (Å²) in [7, 11) is 0. The van der Waals surface area contributed by atoms with E-state index < -0.39 is 0 Å². The lowest BCUT2D eigenvalue weighted by Crippen LogP contribution is -2.28. The third-order valence-electron chi connectivity index (χ3n) is 10.8. The summed E-state index contributed by atoms with van der Waals surface area (Å²) in [5, 5.41) is 11.0. The Balaban J connectivity index is 1.07. The molecule has 1 aliphatic carbocycles. The zero-order valence-corrected chi connectivity index (χ0v) is 32.6. The molecule has 0 spiro atoms. The van der Waals surface area contributed by atoms with Gasteiger partial charge in [-0.15, -0.1) is 11.3 Å². The summed E-state index contributed by atoms with van der Waals surface area (Å²) in [4.78, 5) is 2.38. The van der Waals surface area contributed by atoms with Crippen molar-refractivity contribution in [3.63, 3.8) is 0 Å². The second-order valence-corrected chi connectivity index (χ2v) is 15.3. The minimum atomic E-state index is 0.0910. The summed E-state index contributed by atoms with van der Waals surface area (Å²) in [5.41, 5.74) is 7.13. The van der Waals surface area contributed by atoms with Gasteiger partial charge in [0, 0.05) is 22.0 Å². The molecule has 57 heavy (non-hydrogen) atoms. The van der Waals surface area contributed by atoms with Crippen molar-refractivity contribution in [2.75, 3.05) is 6.61 Å². The first-order valence-corrected chi connectivity index (χ1v) is 20.5. The van der Waals surface area contributed by atoms with E-state index in [9.17, 15) is 0 Å². The predicted octanol–water partition coefficient (Wildman–Crippen LogP) is 14.3. The van der Waals surface area contributed by atoms with Crippen LogP contribution in [0.5, 0.6) is 5.75 Å². The number of rotatable bonds is 9. The van der Waals surface area contributed by atoms with Gasteiger partial charge in [0.1, 0.15) is 12.4 Å². The van der Waals surface area contributed by atoms with Gasteiger partial charge in [-0.1, -0.05) is 170 Å². The molecule has 1 aromatic heterocycles. The molecule has 0 radical (unpaired) electrons. The first kappa shape index (κ1) is 36.0. The Hall–Kier alpha value is -6.68. The number of thiophene rings is 1. The van der Waals surface area contributed by atoms with Gasteiger partial charge in [0.15, 0.2) is 0 Å². The molecule has 1 aliphatic heterocycles. The molecule has 0 N–H and O–H groups in total. The third-order valence-corrected chi connectivity index (χ3v) is 11.8. The van der Waals surface area contributed by atoms with Gasteiger partial charge in [0.2, 0.25) is 0 Å². The van der Waals surface area contributed by atoms with Crippen molar-refractivity contribution in [2.24, 2.45) is 0 Å². The highest BCUT2D eigenvalue weighted by Crippen LogP contribution is 2.35. The SMILES string of the molecule is C=C\C=C/C(=C/C1=C/Cc2ccc3ccccc3c2OC/C=C\1)N(/C=C/C=C\c1csc2ccccc12)C1C=CC(c2cccc3c2ccc2ccccc23)=CC1. The smallest absolute Gasteiger partial charge is 0.131 e. The molecule has 276 valence electrons. The van der Waals surface area contributed by atoms with Gasteiger partial charge in [-0.3, -0.25) is 0 Å². The van der Waals surface area contributed by atoms with E-state index in [1.54, 1.807) is 11.3 Å². The predicted molar refractivity (Wildman–Crippen MR) is 247 cm³/mol. The van der Waals surface area contributed by atoms with Crippen molar-refractivity contribution >= 4 is 65.4 Å². The van der Waals surface area contributed by atoms with Crippen molar-refractivity contribution in [2.45, 2.75) is 18.9 Å². The average molecular weight is 754 g/mol. The Morgan fingerprint density at radius 2 is 1.51 bits per heavy atom. The minimum Gasteiger partial charge on any atom is -0.489 e. The van der Waals surface area contributed by atoms with Crippen LogP contribution in [0.1, 0.15) is 23.1 Å². The van der Waals surface area contributed by atoms with Crippen LogP contribution in [0.15, 0.2) is 218 Å². The monoisotopic (exact) mass is 753 g/mol. The summed E-state index contributed by atoms with van der Waals surface area (Å²) in [6, 6.07) is 41.4. The molecule has 0 amide bonds. The normalized spacial score (nSPS) is 17.7. The number of benzene rings is 6. The van der Waals surface area contributed by atoms with Crippen molar-refractivity contribution in [1.29, 1.82) is 0 Å². The van der Waals surface area contributed by atoms with E-state index >= 15 is 0 Å². The lowest BCUT2D eigenvalue weighted by molar-refractivity contribution is 0.364. The van der Waals surface area contributed by atoms with E-state index in [-0.39, 0.29) is 6.04 Å². The molecule has 1 unspecified atom stereocenters. The van der Waals surface area contributed by atoms with E-state index in [2.05, 4.69) is 205 Å². The maximum atomic E-state index is 6.39. The summed E-state index contributed by atoms with van der Waals surface area (Å²) in [6.07, 6.45) is 32.3. The van der Waals surface area contributed by atoms with Gasteiger partial charge < -0.3 is 9.64 Å². The standard InChI is InChI=1S/C54H43NOS/c1-2-3-18-46(37-39-14-13-36-56-54-43(26-25-39)28-27-41-16-5-7-21-50(41)54)55(35-11-10-17-44-38-57-53-24-9-8-20-49(44)53)45-32-29-42(30-33-45)48-22-12-23-51-47-19-6-4-15-40(47)31-34-52(48)51/h2-25,27-32,34-35,37-38,45H,1,26,33,36H2/b14-13-,17-10-,18-3-,35-11+,39-25+,46-37-. The van der Waals surface area contributed by atoms with Crippen LogP contribution in [-0.2, 0) is 6.42 Å². The molecule has 1 atom stereocenters. The molecule has 6 aromatic carbocycles. The van der Waals surface area contributed by atoms with Crippen LogP contribution in [0.25, 0.3) is 54.1 Å². The van der Waals surface area contributed by atoms with Gasteiger partial charge in [-0.25, -0.2) is 0 Å². The van der Waals surface area contributed by atoms with Crippen LogP contribution >= 0.6 is 11.3 Å². The number of nitrogens with zero attached hydrogens (tertiary/aromatic N) is 1. The highest BCUT2D eigenvalue weighted by molar-refractivity contribution is 7.17. The molecule has 0 saturated heterocycles. The fourth-order valence-corrected chi connectivity index (χ4v) is 8.94. The Bertz CT molecular complexity index is 2890.